The molecule has 1 unspecified atom stereocenters. The fourth-order valence-electron chi connectivity index (χ4n) is 2.70. The summed E-state index contributed by atoms with van der Waals surface area (Å²) in [5.74, 6) is -0.527. The number of carbonyl (C=O) groups is 3. The van der Waals surface area contributed by atoms with Gasteiger partial charge in [-0.2, -0.15) is 0 Å². The summed E-state index contributed by atoms with van der Waals surface area (Å²) in [4.78, 5) is 36.4. The molecule has 1 saturated heterocycles. The van der Waals surface area contributed by atoms with Crippen molar-refractivity contribution >= 4 is 17.8 Å². The van der Waals surface area contributed by atoms with E-state index >= 15 is 0 Å². The van der Waals surface area contributed by atoms with E-state index in [-0.39, 0.29) is 24.4 Å². The zero-order chi connectivity index (χ0) is 13.8. The molecule has 0 aromatic carbocycles. The second-order valence-electron chi connectivity index (χ2n) is 5.26. The molecule has 1 aliphatic carbocycles. The van der Waals surface area contributed by atoms with Gasteiger partial charge in [0.05, 0.1) is 0 Å². The Morgan fingerprint density at radius 3 is 2.68 bits per heavy atom. The van der Waals surface area contributed by atoms with E-state index in [2.05, 4.69) is 10.6 Å². The third kappa shape index (κ3) is 3.24. The summed E-state index contributed by atoms with van der Waals surface area (Å²) in [6, 6.07) is -0.707. The van der Waals surface area contributed by atoms with Gasteiger partial charge in [-0.05, 0) is 19.3 Å². The van der Waals surface area contributed by atoms with Crippen molar-refractivity contribution in [3.63, 3.8) is 0 Å². The number of urea groups is 1. The molecule has 2 N–H and O–H groups in total. The first kappa shape index (κ1) is 13.8. The molecule has 6 heteroatoms. The minimum absolute atomic E-state index is 0.165. The zero-order valence-corrected chi connectivity index (χ0v) is 11.3. The fraction of sp³-hybridized carbons (Fsp3) is 0.769. The third-order valence-electron chi connectivity index (χ3n) is 3.71. The third-order valence-corrected chi connectivity index (χ3v) is 3.71. The quantitative estimate of drug-likeness (QED) is 0.722. The van der Waals surface area contributed by atoms with Gasteiger partial charge in [-0.25, -0.2) is 4.79 Å². The molecule has 19 heavy (non-hydrogen) atoms. The minimum Gasteiger partial charge on any atom is -0.352 e. The van der Waals surface area contributed by atoms with Crippen molar-refractivity contribution in [3.05, 3.63) is 0 Å². The Labute approximate surface area is 112 Å². The Hall–Kier alpha value is -1.59. The average molecular weight is 267 g/mol. The van der Waals surface area contributed by atoms with Gasteiger partial charge >= 0.3 is 6.03 Å². The normalized spacial score (nSPS) is 23.8. The smallest absolute Gasteiger partial charge is 0.325 e. The maximum Gasteiger partial charge on any atom is 0.325 e. The maximum absolute atomic E-state index is 11.9. The summed E-state index contributed by atoms with van der Waals surface area (Å²) in [7, 11) is 0. The van der Waals surface area contributed by atoms with E-state index in [1.165, 1.54) is 0 Å². The van der Waals surface area contributed by atoms with Crippen LogP contribution in [0, 0.1) is 0 Å². The molecule has 1 atom stereocenters. The number of hydrogen-bond acceptors (Lipinski definition) is 3. The Kier molecular flexibility index (Phi) is 4.39. The van der Waals surface area contributed by atoms with Crippen LogP contribution in [0.15, 0.2) is 0 Å². The van der Waals surface area contributed by atoms with Crippen LogP contribution in [0.4, 0.5) is 4.79 Å². The predicted octanol–water partition coefficient (Wildman–Crippen LogP) is 0.766. The molecule has 4 amide bonds. The second-order valence-corrected chi connectivity index (χ2v) is 5.26. The van der Waals surface area contributed by atoms with Gasteiger partial charge in [-0.15, -0.1) is 0 Å². The average Bonchev–Trinajstić information content (AvgIpc) is 2.94. The fourth-order valence-corrected chi connectivity index (χ4v) is 2.70. The van der Waals surface area contributed by atoms with Crippen LogP contribution in [0.1, 0.15) is 45.4 Å². The van der Waals surface area contributed by atoms with Crippen LogP contribution >= 0.6 is 0 Å². The summed E-state index contributed by atoms with van der Waals surface area (Å²) in [5, 5.41) is 5.49. The molecule has 2 fully saturated rings. The van der Waals surface area contributed by atoms with Crippen LogP contribution in [0.3, 0.4) is 0 Å². The molecule has 0 spiro atoms. The molecule has 1 aliphatic heterocycles. The highest BCUT2D eigenvalue weighted by Gasteiger charge is 2.38. The number of carbonyl (C=O) groups excluding carboxylic acids is 3. The van der Waals surface area contributed by atoms with E-state index in [1.54, 1.807) is 0 Å². The standard InChI is InChI=1S/C13H21N3O3/c1-2-5-10-12(18)16(13(19)15-10)8-11(17)14-9-6-3-4-7-9/h9-10H,2-8H2,1H3,(H,14,17)(H,15,19). The lowest BCUT2D eigenvalue weighted by atomic mass is 10.2. The highest BCUT2D eigenvalue weighted by atomic mass is 16.2. The van der Waals surface area contributed by atoms with Crippen molar-refractivity contribution in [2.24, 2.45) is 0 Å². The molecular weight excluding hydrogens is 246 g/mol. The van der Waals surface area contributed by atoms with Crippen molar-refractivity contribution in [3.8, 4) is 0 Å². The maximum atomic E-state index is 11.9. The topological polar surface area (TPSA) is 78.5 Å². The molecule has 2 aliphatic rings. The Bertz CT molecular complexity index is 377. The minimum atomic E-state index is -0.461. The molecule has 106 valence electrons. The number of rotatable bonds is 5. The van der Waals surface area contributed by atoms with E-state index in [1.807, 2.05) is 6.92 Å². The molecule has 1 saturated carbocycles. The summed E-state index contributed by atoms with van der Waals surface area (Å²) < 4.78 is 0. The molecule has 0 bridgehead atoms. The SMILES string of the molecule is CCCC1NC(=O)N(CC(=O)NC2CCCC2)C1=O. The first-order chi connectivity index (χ1) is 9.11. The van der Waals surface area contributed by atoms with Crippen molar-refractivity contribution < 1.29 is 14.4 Å². The summed E-state index contributed by atoms with van der Waals surface area (Å²) in [5.41, 5.74) is 0. The molecular formula is C13H21N3O3. The number of imide groups is 1. The van der Waals surface area contributed by atoms with Crippen LogP contribution in [-0.4, -0.2) is 41.4 Å². The van der Waals surface area contributed by atoms with Gasteiger partial charge in [0.2, 0.25) is 5.91 Å². The Balaban J connectivity index is 1.85. The van der Waals surface area contributed by atoms with Crippen molar-refractivity contribution in [2.45, 2.75) is 57.5 Å². The van der Waals surface area contributed by atoms with Gasteiger partial charge in [-0.3, -0.25) is 14.5 Å². The highest BCUT2D eigenvalue weighted by molar-refractivity contribution is 6.06. The van der Waals surface area contributed by atoms with E-state index in [0.717, 1.165) is 37.0 Å². The van der Waals surface area contributed by atoms with Gasteiger partial charge in [0.1, 0.15) is 12.6 Å². The van der Waals surface area contributed by atoms with E-state index < -0.39 is 12.1 Å². The van der Waals surface area contributed by atoms with Gasteiger partial charge in [0, 0.05) is 6.04 Å². The summed E-state index contributed by atoms with van der Waals surface area (Å²) >= 11 is 0. The summed E-state index contributed by atoms with van der Waals surface area (Å²) in [6.07, 6.45) is 5.68. The van der Waals surface area contributed by atoms with Crippen LogP contribution in [0.25, 0.3) is 0 Å². The Morgan fingerprint density at radius 1 is 1.37 bits per heavy atom. The lowest BCUT2D eigenvalue weighted by molar-refractivity contribution is -0.132. The van der Waals surface area contributed by atoms with Crippen LogP contribution in [0.5, 0.6) is 0 Å². The zero-order valence-electron chi connectivity index (χ0n) is 11.3. The number of amides is 4. The second kappa shape index (κ2) is 6.04. The summed E-state index contributed by atoms with van der Waals surface area (Å²) in [6.45, 7) is 1.79. The molecule has 0 aromatic heterocycles. The van der Waals surface area contributed by atoms with Gasteiger partial charge in [-0.1, -0.05) is 26.2 Å². The first-order valence-electron chi connectivity index (χ1n) is 7.03. The number of nitrogens with one attached hydrogen (secondary N) is 2. The van der Waals surface area contributed by atoms with Gasteiger partial charge in [0.15, 0.2) is 0 Å². The molecule has 6 nitrogen and oxygen atoms in total. The Morgan fingerprint density at radius 2 is 2.05 bits per heavy atom. The van der Waals surface area contributed by atoms with Gasteiger partial charge in [0.25, 0.3) is 5.91 Å². The number of hydrogen-bond donors (Lipinski definition) is 2. The monoisotopic (exact) mass is 267 g/mol. The first-order valence-corrected chi connectivity index (χ1v) is 7.03. The molecule has 2 rings (SSSR count). The predicted molar refractivity (Wildman–Crippen MR) is 69.3 cm³/mol. The lowest BCUT2D eigenvalue weighted by Crippen LogP contribution is -2.43. The van der Waals surface area contributed by atoms with Crippen LogP contribution < -0.4 is 10.6 Å². The highest BCUT2D eigenvalue weighted by Crippen LogP contribution is 2.17. The van der Waals surface area contributed by atoms with Crippen LogP contribution in [-0.2, 0) is 9.59 Å². The van der Waals surface area contributed by atoms with E-state index in [0.29, 0.717) is 6.42 Å². The van der Waals surface area contributed by atoms with Crippen molar-refractivity contribution in [1.29, 1.82) is 0 Å². The molecule has 0 aromatic rings. The van der Waals surface area contributed by atoms with Crippen molar-refractivity contribution in [2.75, 3.05) is 6.54 Å². The van der Waals surface area contributed by atoms with E-state index in [4.69, 9.17) is 0 Å². The number of nitrogens with zero attached hydrogens (tertiary/aromatic N) is 1. The van der Waals surface area contributed by atoms with Gasteiger partial charge < -0.3 is 10.6 Å². The van der Waals surface area contributed by atoms with E-state index in [9.17, 15) is 14.4 Å². The lowest BCUT2D eigenvalue weighted by Gasteiger charge is -2.16. The van der Waals surface area contributed by atoms with Crippen molar-refractivity contribution in [1.82, 2.24) is 15.5 Å². The molecule has 1 heterocycles. The molecule has 0 radical (unpaired) electrons. The largest absolute Gasteiger partial charge is 0.352 e. The van der Waals surface area contributed by atoms with Crippen LogP contribution in [0.2, 0.25) is 0 Å².